The van der Waals surface area contributed by atoms with E-state index in [1.54, 1.807) is 0 Å². The van der Waals surface area contributed by atoms with Gasteiger partial charge in [0.1, 0.15) is 5.15 Å². The summed E-state index contributed by atoms with van der Waals surface area (Å²) in [5.74, 6) is -2.13. The molecule has 3 rings (SSSR count). The van der Waals surface area contributed by atoms with Crippen LogP contribution in [0.15, 0.2) is 60.8 Å². The highest BCUT2D eigenvalue weighted by molar-refractivity contribution is 6.39. The molecule has 0 saturated heterocycles. The van der Waals surface area contributed by atoms with E-state index in [-0.39, 0.29) is 33.0 Å². The van der Waals surface area contributed by atoms with Gasteiger partial charge in [0.2, 0.25) is 0 Å². The lowest BCUT2D eigenvalue weighted by molar-refractivity contribution is -0.348. The van der Waals surface area contributed by atoms with Gasteiger partial charge in [-0.15, -0.1) is 0 Å². The Bertz CT molecular complexity index is 1460. The third-order valence-corrected chi connectivity index (χ3v) is 6.28. The first-order valence-electron chi connectivity index (χ1n) is 10.7. The fraction of sp³-hybridized carbons (Fsp3) is 0.208. The Labute approximate surface area is 234 Å². The van der Waals surface area contributed by atoms with Crippen LogP contribution >= 0.6 is 23.4 Å². The second kappa shape index (κ2) is 11.0. The molecule has 0 aliphatic heterocycles. The molecule has 0 radical (unpaired) electrons. The second-order valence-electron chi connectivity index (χ2n) is 8.23. The zero-order valence-corrected chi connectivity index (χ0v) is 21.5. The van der Waals surface area contributed by atoms with Crippen LogP contribution in [0.25, 0.3) is 0 Å². The summed E-state index contributed by atoms with van der Waals surface area (Å²) in [6, 6.07) is 6.42. The van der Waals surface area contributed by atoms with E-state index in [9.17, 15) is 53.5 Å². The van der Waals surface area contributed by atoms with Crippen molar-refractivity contribution >= 4 is 46.6 Å². The second-order valence-corrected chi connectivity index (χ2v) is 8.92. The van der Waals surface area contributed by atoms with Gasteiger partial charge in [-0.1, -0.05) is 23.7 Å². The fourth-order valence-corrected chi connectivity index (χ4v) is 4.00. The molecule has 2 amide bonds. The molecule has 0 saturated carbocycles. The van der Waals surface area contributed by atoms with Crippen LogP contribution in [-0.2, 0) is 11.8 Å². The van der Waals surface area contributed by atoms with Crippen molar-refractivity contribution in [2.45, 2.75) is 24.2 Å². The minimum absolute atomic E-state index is 0.00122. The van der Waals surface area contributed by atoms with Crippen LogP contribution in [0.4, 0.5) is 55.3 Å². The van der Waals surface area contributed by atoms with Crippen LogP contribution in [0.2, 0.25) is 5.15 Å². The first kappa shape index (κ1) is 31.9. The normalized spacial score (nSPS) is 12.7. The van der Waals surface area contributed by atoms with Crippen molar-refractivity contribution in [3.8, 4) is 0 Å². The number of carbonyl (C=O) groups is 2. The van der Waals surface area contributed by atoms with Gasteiger partial charge in [0, 0.05) is 41.8 Å². The lowest BCUT2D eigenvalue weighted by Crippen LogP contribution is -2.50. The van der Waals surface area contributed by atoms with E-state index in [1.807, 2.05) is 0 Å². The van der Waals surface area contributed by atoms with E-state index in [0.717, 1.165) is 17.0 Å². The Kier molecular flexibility index (Phi) is 8.57. The number of aromatic nitrogens is 1. The maximum absolute atomic E-state index is 14.4. The Morgan fingerprint density at radius 3 is 1.95 bits per heavy atom. The number of amides is 2. The number of carbonyl (C=O) groups excluding carboxylic acids is 2. The minimum atomic E-state index is -6.68. The molecular formula is C24H13Cl2F10N3O2. The topological polar surface area (TPSA) is 53.5 Å². The number of alkyl halides is 10. The van der Waals surface area contributed by atoms with Crippen molar-refractivity contribution in [2.75, 3.05) is 16.4 Å². The molecule has 0 unspecified atom stereocenters. The zero-order valence-electron chi connectivity index (χ0n) is 20.0. The Balaban J connectivity index is 2.04. The van der Waals surface area contributed by atoms with Gasteiger partial charge in [0.15, 0.2) is 0 Å². The van der Waals surface area contributed by atoms with Crippen LogP contribution in [-0.4, -0.2) is 36.2 Å². The van der Waals surface area contributed by atoms with Crippen molar-refractivity contribution < 1.29 is 53.5 Å². The summed E-state index contributed by atoms with van der Waals surface area (Å²) < 4.78 is 134. The molecule has 0 aliphatic rings. The molecule has 41 heavy (non-hydrogen) atoms. The number of rotatable bonds is 5. The van der Waals surface area contributed by atoms with Gasteiger partial charge >= 0.3 is 24.2 Å². The maximum Gasteiger partial charge on any atom is 0.435 e. The van der Waals surface area contributed by atoms with E-state index < -0.39 is 64.5 Å². The largest absolute Gasteiger partial charge is 0.435 e. The van der Waals surface area contributed by atoms with Crippen molar-refractivity contribution in [1.82, 2.24) is 4.98 Å². The van der Waals surface area contributed by atoms with Crippen molar-refractivity contribution in [1.29, 1.82) is 0 Å². The van der Waals surface area contributed by atoms with E-state index >= 15 is 0 Å². The van der Waals surface area contributed by atoms with Crippen molar-refractivity contribution in [2.24, 2.45) is 0 Å². The summed E-state index contributed by atoms with van der Waals surface area (Å²) in [6.45, 7) is 0. The molecule has 1 aromatic heterocycles. The molecule has 0 bridgehead atoms. The monoisotopic (exact) mass is 635 g/mol. The van der Waals surface area contributed by atoms with Gasteiger partial charge < -0.3 is 4.90 Å². The standard InChI is InChI=1S/C24H13Cl2F10N3O2/c1-38(20(41)15-6-3-9-37-18(15)25)14-5-2-4-12(10-14)19(40)39(26)17-8-7-13(11-16(17)22(28,29)30)21(27,23(31,32)33)24(34,35)36/h2-11H,1H3. The molecule has 0 fully saturated rings. The maximum atomic E-state index is 14.4. The van der Waals surface area contributed by atoms with Crippen LogP contribution in [0.3, 0.4) is 0 Å². The molecule has 0 aliphatic carbocycles. The first-order valence-corrected chi connectivity index (χ1v) is 11.5. The molecule has 0 N–H and O–H groups in total. The molecule has 3 aromatic rings. The lowest BCUT2D eigenvalue weighted by Gasteiger charge is -2.31. The highest BCUT2D eigenvalue weighted by atomic mass is 35.5. The van der Waals surface area contributed by atoms with Crippen molar-refractivity contribution in [3.63, 3.8) is 0 Å². The summed E-state index contributed by atoms with van der Waals surface area (Å²) in [5, 5.41) is -0.153. The number of anilines is 2. The number of nitrogens with zero attached hydrogens (tertiary/aromatic N) is 3. The van der Waals surface area contributed by atoms with Crippen molar-refractivity contribution in [3.05, 3.63) is 88.2 Å². The van der Waals surface area contributed by atoms with E-state index in [2.05, 4.69) is 4.98 Å². The van der Waals surface area contributed by atoms with Crippen LogP contribution in [0, 0.1) is 0 Å². The average molecular weight is 636 g/mol. The van der Waals surface area contributed by atoms with Gasteiger partial charge in [-0.25, -0.2) is 13.8 Å². The van der Waals surface area contributed by atoms with Crippen LogP contribution in [0.1, 0.15) is 31.8 Å². The molecule has 2 aromatic carbocycles. The zero-order chi connectivity index (χ0) is 31.1. The number of benzene rings is 2. The smallest absolute Gasteiger partial charge is 0.311 e. The van der Waals surface area contributed by atoms with E-state index in [1.165, 1.54) is 37.5 Å². The molecule has 1 heterocycles. The summed E-state index contributed by atoms with van der Waals surface area (Å²) >= 11 is 11.7. The number of hydrogen-bond acceptors (Lipinski definition) is 3. The summed E-state index contributed by atoms with van der Waals surface area (Å²) in [6.07, 6.45) is -17.7. The van der Waals surface area contributed by atoms with Gasteiger partial charge in [0.05, 0.1) is 16.8 Å². The third-order valence-electron chi connectivity index (χ3n) is 5.65. The first-order chi connectivity index (χ1) is 18.7. The Morgan fingerprint density at radius 1 is 0.805 bits per heavy atom. The minimum Gasteiger partial charge on any atom is -0.311 e. The Morgan fingerprint density at radius 2 is 1.41 bits per heavy atom. The molecule has 5 nitrogen and oxygen atoms in total. The van der Waals surface area contributed by atoms with E-state index in [0.29, 0.717) is 0 Å². The highest BCUT2D eigenvalue weighted by Gasteiger charge is 2.73. The van der Waals surface area contributed by atoms with Gasteiger partial charge in [-0.3, -0.25) is 9.59 Å². The van der Waals surface area contributed by atoms with Gasteiger partial charge in [0.25, 0.3) is 11.8 Å². The van der Waals surface area contributed by atoms with Crippen LogP contribution in [0.5, 0.6) is 0 Å². The predicted molar refractivity (Wildman–Crippen MR) is 127 cm³/mol. The average Bonchev–Trinajstić information content (AvgIpc) is 2.89. The summed E-state index contributed by atoms with van der Waals surface area (Å²) in [5.41, 5.74) is -12.7. The summed E-state index contributed by atoms with van der Waals surface area (Å²) in [7, 11) is 1.26. The molecular weight excluding hydrogens is 623 g/mol. The van der Waals surface area contributed by atoms with E-state index in [4.69, 9.17) is 23.4 Å². The molecule has 0 atom stereocenters. The third kappa shape index (κ3) is 6.05. The number of hydrogen-bond donors (Lipinski definition) is 0. The molecule has 0 spiro atoms. The SMILES string of the molecule is CN(C(=O)c1cccnc1Cl)c1cccc(C(=O)N(Cl)c2ccc(C(F)(C(F)(F)F)C(F)(F)F)cc2C(F)(F)F)c1. The lowest BCUT2D eigenvalue weighted by atomic mass is 9.92. The van der Waals surface area contributed by atoms with Gasteiger partial charge in [-0.2, -0.15) is 39.5 Å². The quantitative estimate of drug-likeness (QED) is 0.162. The fourth-order valence-electron chi connectivity index (χ4n) is 3.55. The predicted octanol–water partition coefficient (Wildman–Crippen LogP) is 8.12. The Hall–Kier alpha value is -3.59. The van der Waals surface area contributed by atoms with Gasteiger partial charge in [-0.05, 0) is 42.5 Å². The number of halogens is 12. The number of pyridine rings is 1. The molecule has 17 heteroatoms. The summed E-state index contributed by atoms with van der Waals surface area (Å²) in [4.78, 5) is 30.5. The highest BCUT2D eigenvalue weighted by Crippen LogP contribution is 2.54. The molecule has 220 valence electrons. The van der Waals surface area contributed by atoms with Crippen LogP contribution < -0.4 is 9.32 Å².